The zero-order valence-corrected chi connectivity index (χ0v) is 9.49. The first-order valence-electron chi connectivity index (χ1n) is 4.33. The fourth-order valence-corrected chi connectivity index (χ4v) is 3.01. The number of hydrogen-bond acceptors (Lipinski definition) is 3. The summed E-state index contributed by atoms with van der Waals surface area (Å²) in [5, 5.41) is 2.09. The first-order valence-corrected chi connectivity index (χ1v) is 6.03. The Hall–Kier alpha value is -0.930. The van der Waals surface area contributed by atoms with Gasteiger partial charge in [-0.05, 0) is 42.1 Å². The van der Waals surface area contributed by atoms with E-state index in [4.69, 9.17) is 5.73 Å². The molecule has 0 spiro atoms. The van der Waals surface area contributed by atoms with Gasteiger partial charge in [0.1, 0.15) is 0 Å². The summed E-state index contributed by atoms with van der Waals surface area (Å²) in [5.74, 6) is 0. The Labute approximate surface area is 92.0 Å². The third-order valence-electron chi connectivity index (χ3n) is 1.90. The van der Waals surface area contributed by atoms with Gasteiger partial charge in [0.15, 0.2) is 0 Å². The highest BCUT2D eigenvalue weighted by atomic mass is 32.2. The van der Waals surface area contributed by atoms with Crippen LogP contribution in [0, 0.1) is 6.92 Å². The number of aryl methyl sites for hydroxylation is 1. The van der Waals surface area contributed by atoms with Crippen LogP contribution >= 0.6 is 23.1 Å². The van der Waals surface area contributed by atoms with E-state index in [1.54, 1.807) is 23.1 Å². The smallest absolute Gasteiger partial charge is 0.0646 e. The number of anilines is 1. The van der Waals surface area contributed by atoms with Crippen molar-refractivity contribution in [1.29, 1.82) is 0 Å². The molecule has 0 radical (unpaired) electrons. The van der Waals surface area contributed by atoms with Crippen LogP contribution in [0.3, 0.4) is 0 Å². The van der Waals surface area contributed by atoms with Crippen molar-refractivity contribution in [3.63, 3.8) is 0 Å². The van der Waals surface area contributed by atoms with Gasteiger partial charge in [0.2, 0.25) is 0 Å². The Kier molecular flexibility index (Phi) is 2.79. The van der Waals surface area contributed by atoms with Crippen molar-refractivity contribution >= 4 is 28.8 Å². The van der Waals surface area contributed by atoms with Gasteiger partial charge in [-0.3, -0.25) is 0 Å². The van der Waals surface area contributed by atoms with Crippen molar-refractivity contribution in [2.75, 3.05) is 5.73 Å². The third-order valence-corrected chi connectivity index (χ3v) is 4.12. The molecule has 1 aromatic carbocycles. The minimum atomic E-state index is 0.832. The molecule has 0 aliphatic heterocycles. The Morgan fingerprint density at radius 2 is 2.14 bits per heavy atom. The normalized spacial score (nSPS) is 10.4. The summed E-state index contributed by atoms with van der Waals surface area (Å²) in [4.78, 5) is 1.28. The van der Waals surface area contributed by atoms with E-state index in [9.17, 15) is 0 Å². The highest BCUT2D eigenvalue weighted by Crippen LogP contribution is 2.33. The van der Waals surface area contributed by atoms with E-state index in [1.807, 2.05) is 12.1 Å². The molecule has 14 heavy (non-hydrogen) atoms. The maximum absolute atomic E-state index is 5.69. The zero-order valence-electron chi connectivity index (χ0n) is 7.86. The van der Waals surface area contributed by atoms with Crippen LogP contribution in [0.5, 0.6) is 0 Å². The monoisotopic (exact) mass is 221 g/mol. The van der Waals surface area contributed by atoms with E-state index in [-0.39, 0.29) is 0 Å². The molecule has 2 aromatic rings. The fourth-order valence-electron chi connectivity index (χ4n) is 1.22. The second-order valence-electron chi connectivity index (χ2n) is 3.06. The largest absolute Gasteiger partial charge is 0.399 e. The number of thiophene rings is 1. The Morgan fingerprint density at radius 3 is 2.79 bits per heavy atom. The van der Waals surface area contributed by atoms with Gasteiger partial charge in [-0.25, -0.2) is 0 Å². The van der Waals surface area contributed by atoms with Crippen molar-refractivity contribution in [2.45, 2.75) is 16.0 Å². The summed E-state index contributed by atoms with van der Waals surface area (Å²) in [6.45, 7) is 2.09. The molecule has 0 saturated carbocycles. The standard InChI is InChI=1S/C11H11NS2/c1-8-7-9(12)4-5-10(8)14-11-3-2-6-13-11/h2-7H,12H2,1H3. The van der Waals surface area contributed by atoms with Crippen molar-refractivity contribution in [2.24, 2.45) is 0 Å². The van der Waals surface area contributed by atoms with Crippen molar-refractivity contribution < 1.29 is 0 Å². The highest BCUT2D eigenvalue weighted by Gasteiger charge is 2.01. The second kappa shape index (κ2) is 4.07. The maximum Gasteiger partial charge on any atom is 0.0646 e. The van der Waals surface area contributed by atoms with Gasteiger partial charge in [0.25, 0.3) is 0 Å². The average molecular weight is 221 g/mol. The molecule has 1 nitrogen and oxygen atoms in total. The quantitative estimate of drug-likeness (QED) is 0.781. The minimum Gasteiger partial charge on any atom is -0.399 e. The molecule has 72 valence electrons. The molecule has 1 aromatic heterocycles. The summed E-state index contributed by atoms with van der Waals surface area (Å²) < 4.78 is 1.32. The van der Waals surface area contributed by atoms with Crippen molar-refractivity contribution in [1.82, 2.24) is 0 Å². The molecule has 0 unspecified atom stereocenters. The van der Waals surface area contributed by atoms with Crippen LogP contribution in [0.15, 0.2) is 44.8 Å². The lowest BCUT2D eigenvalue weighted by atomic mass is 10.2. The SMILES string of the molecule is Cc1cc(N)ccc1Sc1cccs1. The summed E-state index contributed by atoms with van der Waals surface area (Å²) in [6, 6.07) is 10.2. The molecule has 0 aliphatic carbocycles. The Morgan fingerprint density at radius 1 is 1.29 bits per heavy atom. The van der Waals surface area contributed by atoms with E-state index >= 15 is 0 Å². The second-order valence-corrected chi connectivity index (χ2v) is 5.35. The number of nitrogen functional groups attached to an aromatic ring is 1. The van der Waals surface area contributed by atoms with Gasteiger partial charge in [-0.15, -0.1) is 11.3 Å². The van der Waals surface area contributed by atoms with Crippen LogP contribution < -0.4 is 5.73 Å². The zero-order chi connectivity index (χ0) is 9.97. The van der Waals surface area contributed by atoms with Crippen LogP contribution in [0.4, 0.5) is 5.69 Å². The van der Waals surface area contributed by atoms with E-state index in [1.165, 1.54) is 14.7 Å². The average Bonchev–Trinajstić information content (AvgIpc) is 2.62. The Balaban J connectivity index is 2.25. The molecule has 0 amide bonds. The molecule has 3 heteroatoms. The molecule has 0 bridgehead atoms. The summed E-state index contributed by atoms with van der Waals surface area (Å²) in [5.41, 5.74) is 7.77. The lowest BCUT2D eigenvalue weighted by Crippen LogP contribution is -1.86. The lowest BCUT2D eigenvalue weighted by Gasteiger charge is -2.04. The van der Waals surface area contributed by atoms with E-state index in [0.29, 0.717) is 0 Å². The van der Waals surface area contributed by atoms with Gasteiger partial charge in [0, 0.05) is 10.6 Å². The fraction of sp³-hybridized carbons (Fsp3) is 0.0909. The lowest BCUT2D eigenvalue weighted by molar-refractivity contribution is 1.30. The van der Waals surface area contributed by atoms with E-state index < -0.39 is 0 Å². The van der Waals surface area contributed by atoms with Gasteiger partial charge < -0.3 is 5.73 Å². The molecule has 0 saturated heterocycles. The number of hydrogen-bond donors (Lipinski definition) is 1. The third kappa shape index (κ3) is 2.11. The first-order chi connectivity index (χ1) is 6.75. The minimum absolute atomic E-state index is 0.832. The topological polar surface area (TPSA) is 26.0 Å². The number of benzene rings is 1. The number of nitrogens with two attached hydrogens (primary N) is 1. The van der Waals surface area contributed by atoms with Gasteiger partial charge in [0.05, 0.1) is 4.21 Å². The molecular formula is C11H11NS2. The van der Waals surface area contributed by atoms with Crippen LogP contribution in [-0.4, -0.2) is 0 Å². The number of rotatable bonds is 2. The van der Waals surface area contributed by atoms with Gasteiger partial charge in [-0.1, -0.05) is 17.8 Å². The van der Waals surface area contributed by atoms with Crippen molar-refractivity contribution in [3.8, 4) is 0 Å². The van der Waals surface area contributed by atoms with Gasteiger partial charge in [-0.2, -0.15) is 0 Å². The van der Waals surface area contributed by atoms with Crippen LogP contribution in [0.2, 0.25) is 0 Å². The Bertz CT molecular complexity index is 421. The summed E-state index contributed by atoms with van der Waals surface area (Å²) in [7, 11) is 0. The van der Waals surface area contributed by atoms with Crippen LogP contribution in [0.25, 0.3) is 0 Å². The molecule has 0 fully saturated rings. The predicted octanol–water partition coefficient (Wildman–Crippen LogP) is 3.79. The predicted molar refractivity (Wildman–Crippen MR) is 64.0 cm³/mol. The van der Waals surface area contributed by atoms with Crippen LogP contribution in [0.1, 0.15) is 5.56 Å². The van der Waals surface area contributed by atoms with E-state index in [2.05, 4.69) is 30.5 Å². The molecule has 2 N–H and O–H groups in total. The summed E-state index contributed by atoms with van der Waals surface area (Å²) >= 11 is 3.55. The van der Waals surface area contributed by atoms with Crippen LogP contribution in [-0.2, 0) is 0 Å². The molecule has 2 rings (SSSR count). The molecule has 0 aliphatic rings. The molecule has 1 heterocycles. The summed E-state index contributed by atoms with van der Waals surface area (Å²) in [6.07, 6.45) is 0. The molecular weight excluding hydrogens is 210 g/mol. The maximum atomic E-state index is 5.69. The first kappa shape index (κ1) is 9.62. The van der Waals surface area contributed by atoms with Gasteiger partial charge >= 0.3 is 0 Å². The van der Waals surface area contributed by atoms with E-state index in [0.717, 1.165) is 5.69 Å². The molecule has 0 atom stereocenters. The van der Waals surface area contributed by atoms with Crippen molar-refractivity contribution in [3.05, 3.63) is 41.3 Å². The highest BCUT2D eigenvalue weighted by molar-refractivity contribution is 8.01.